The molecular formula is C16H19N3O2S. The van der Waals surface area contributed by atoms with E-state index in [0.717, 1.165) is 29.1 Å². The minimum absolute atomic E-state index is 0.0994. The SMILES string of the molecule is Cc1nc(NC(=O)COC2CCCC2)sc1-c1ccccn1. The molecule has 0 atom stereocenters. The van der Waals surface area contributed by atoms with E-state index in [1.807, 2.05) is 25.1 Å². The second-order valence-corrected chi connectivity index (χ2v) is 6.41. The maximum Gasteiger partial charge on any atom is 0.252 e. The van der Waals surface area contributed by atoms with Gasteiger partial charge in [-0.1, -0.05) is 30.2 Å². The van der Waals surface area contributed by atoms with E-state index in [2.05, 4.69) is 15.3 Å². The zero-order valence-corrected chi connectivity index (χ0v) is 13.4. The topological polar surface area (TPSA) is 64.1 Å². The third-order valence-electron chi connectivity index (χ3n) is 3.69. The van der Waals surface area contributed by atoms with Crippen molar-refractivity contribution in [3.63, 3.8) is 0 Å². The van der Waals surface area contributed by atoms with Crippen molar-refractivity contribution >= 4 is 22.4 Å². The Morgan fingerprint density at radius 2 is 2.23 bits per heavy atom. The van der Waals surface area contributed by atoms with E-state index in [4.69, 9.17) is 4.74 Å². The van der Waals surface area contributed by atoms with Crippen molar-refractivity contribution in [2.75, 3.05) is 11.9 Å². The standard InChI is InChI=1S/C16H19N3O2S/c1-11-15(13-8-4-5-9-17-13)22-16(18-11)19-14(20)10-21-12-6-2-3-7-12/h4-5,8-9,12H,2-3,6-7,10H2,1H3,(H,18,19,20). The Morgan fingerprint density at radius 3 is 2.95 bits per heavy atom. The summed E-state index contributed by atoms with van der Waals surface area (Å²) < 4.78 is 5.61. The molecule has 0 spiro atoms. The molecule has 1 saturated carbocycles. The van der Waals surface area contributed by atoms with Crippen LogP contribution in [0.5, 0.6) is 0 Å². The predicted octanol–water partition coefficient (Wildman–Crippen LogP) is 3.41. The molecule has 116 valence electrons. The number of thiazole rings is 1. The Labute approximate surface area is 133 Å². The molecule has 0 saturated heterocycles. The minimum atomic E-state index is -0.145. The zero-order chi connectivity index (χ0) is 15.4. The maximum absolute atomic E-state index is 11.9. The number of carbonyl (C=O) groups is 1. The molecule has 0 aliphatic heterocycles. The summed E-state index contributed by atoms with van der Waals surface area (Å²) in [5.41, 5.74) is 1.75. The van der Waals surface area contributed by atoms with Gasteiger partial charge in [-0.15, -0.1) is 0 Å². The van der Waals surface area contributed by atoms with E-state index in [1.165, 1.54) is 24.2 Å². The Hall–Kier alpha value is -1.79. The highest BCUT2D eigenvalue weighted by molar-refractivity contribution is 7.19. The number of nitrogens with zero attached hydrogens (tertiary/aromatic N) is 2. The number of hydrogen-bond acceptors (Lipinski definition) is 5. The van der Waals surface area contributed by atoms with Crippen LogP contribution in [0.1, 0.15) is 31.4 Å². The fraction of sp³-hybridized carbons (Fsp3) is 0.438. The Bertz CT molecular complexity index is 636. The number of nitrogens with one attached hydrogen (secondary N) is 1. The van der Waals surface area contributed by atoms with Gasteiger partial charge in [-0.05, 0) is 31.9 Å². The van der Waals surface area contributed by atoms with Gasteiger partial charge in [0.05, 0.1) is 22.4 Å². The van der Waals surface area contributed by atoms with Crippen LogP contribution in [0.4, 0.5) is 5.13 Å². The zero-order valence-electron chi connectivity index (χ0n) is 12.5. The highest BCUT2D eigenvalue weighted by Gasteiger charge is 2.17. The summed E-state index contributed by atoms with van der Waals surface area (Å²) >= 11 is 1.44. The quantitative estimate of drug-likeness (QED) is 0.918. The first-order valence-corrected chi connectivity index (χ1v) is 8.34. The van der Waals surface area contributed by atoms with Gasteiger partial charge in [-0.2, -0.15) is 0 Å². The van der Waals surface area contributed by atoms with Gasteiger partial charge < -0.3 is 4.74 Å². The Kier molecular flexibility index (Phi) is 4.80. The smallest absolute Gasteiger partial charge is 0.252 e. The van der Waals surface area contributed by atoms with Crippen LogP contribution in [0, 0.1) is 6.92 Å². The first kappa shape index (κ1) is 15.1. The molecule has 22 heavy (non-hydrogen) atoms. The normalized spacial score (nSPS) is 15.1. The van der Waals surface area contributed by atoms with Gasteiger partial charge in [-0.25, -0.2) is 4.98 Å². The number of anilines is 1. The van der Waals surface area contributed by atoms with Crippen molar-refractivity contribution in [2.45, 2.75) is 38.7 Å². The van der Waals surface area contributed by atoms with Crippen LogP contribution in [-0.4, -0.2) is 28.6 Å². The second-order valence-electron chi connectivity index (χ2n) is 5.41. The minimum Gasteiger partial charge on any atom is -0.368 e. The molecule has 1 fully saturated rings. The van der Waals surface area contributed by atoms with E-state index in [9.17, 15) is 4.79 Å². The van der Waals surface area contributed by atoms with Crippen LogP contribution in [0.15, 0.2) is 24.4 Å². The molecule has 1 amide bonds. The van der Waals surface area contributed by atoms with Crippen molar-refractivity contribution in [3.05, 3.63) is 30.1 Å². The van der Waals surface area contributed by atoms with Crippen LogP contribution in [0.25, 0.3) is 10.6 Å². The lowest BCUT2D eigenvalue weighted by Gasteiger charge is -2.09. The van der Waals surface area contributed by atoms with E-state index in [-0.39, 0.29) is 18.6 Å². The first-order valence-electron chi connectivity index (χ1n) is 7.52. The fourth-order valence-corrected chi connectivity index (χ4v) is 3.55. The lowest BCUT2D eigenvalue weighted by molar-refractivity contribution is -0.122. The van der Waals surface area contributed by atoms with Gasteiger partial charge in [0.1, 0.15) is 6.61 Å². The van der Waals surface area contributed by atoms with Gasteiger partial charge in [-0.3, -0.25) is 15.1 Å². The molecule has 0 unspecified atom stereocenters. The summed E-state index contributed by atoms with van der Waals surface area (Å²) in [6.45, 7) is 2.02. The molecule has 1 aliphatic rings. The summed E-state index contributed by atoms with van der Waals surface area (Å²) in [5, 5.41) is 3.41. The molecular weight excluding hydrogens is 298 g/mol. The van der Waals surface area contributed by atoms with Crippen LogP contribution in [-0.2, 0) is 9.53 Å². The highest BCUT2D eigenvalue weighted by atomic mass is 32.1. The fourth-order valence-electron chi connectivity index (χ4n) is 2.59. The number of aromatic nitrogens is 2. The molecule has 5 nitrogen and oxygen atoms in total. The number of pyridine rings is 1. The molecule has 2 heterocycles. The number of amides is 1. The average molecular weight is 317 g/mol. The largest absolute Gasteiger partial charge is 0.368 e. The Morgan fingerprint density at radius 1 is 1.41 bits per heavy atom. The highest BCUT2D eigenvalue weighted by Crippen LogP contribution is 2.31. The number of aryl methyl sites for hydroxylation is 1. The molecule has 2 aromatic rings. The summed E-state index contributed by atoms with van der Waals surface area (Å²) in [6, 6.07) is 5.76. The van der Waals surface area contributed by atoms with Crippen LogP contribution in [0.3, 0.4) is 0 Å². The van der Waals surface area contributed by atoms with Crippen molar-refractivity contribution in [2.24, 2.45) is 0 Å². The number of rotatable bonds is 5. The molecule has 1 aliphatic carbocycles. The third-order valence-corrected chi connectivity index (χ3v) is 4.79. The summed E-state index contributed by atoms with van der Waals surface area (Å²) in [7, 11) is 0. The Balaban J connectivity index is 1.59. The van der Waals surface area contributed by atoms with Gasteiger partial charge >= 0.3 is 0 Å². The lowest BCUT2D eigenvalue weighted by atomic mass is 10.3. The molecule has 1 N–H and O–H groups in total. The van der Waals surface area contributed by atoms with Crippen molar-refractivity contribution in [1.29, 1.82) is 0 Å². The maximum atomic E-state index is 11.9. The predicted molar refractivity (Wildman–Crippen MR) is 86.9 cm³/mol. The molecule has 6 heteroatoms. The summed E-state index contributed by atoms with van der Waals surface area (Å²) in [4.78, 5) is 21.6. The summed E-state index contributed by atoms with van der Waals surface area (Å²) in [5.74, 6) is -0.145. The van der Waals surface area contributed by atoms with Gasteiger partial charge in [0, 0.05) is 6.20 Å². The van der Waals surface area contributed by atoms with E-state index in [1.54, 1.807) is 6.20 Å². The van der Waals surface area contributed by atoms with Crippen molar-refractivity contribution in [1.82, 2.24) is 9.97 Å². The van der Waals surface area contributed by atoms with Crippen LogP contribution < -0.4 is 5.32 Å². The third kappa shape index (κ3) is 3.69. The molecule has 0 bridgehead atoms. The average Bonchev–Trinajstić information content (AvgIpc) is 3.16. The van der Waals surface area contributed by atoms with Crippen LogP contribution in [0.2, 0.25) is 0 Å². The number of hydrogen-bond donors (Lipinski definition) is 1. The van der Waals surface area contributed by atoms with E-state index in [0.29, 0.717) is 5.13 Å². The van der Waals surface area contributed by atoms with Gasteiger partial charge in [0.2, 0.25) is 0 Å². The molecule has 0 aromatic carbocycles. The molecule has 2 aromatic heterocycles. The van der Waals surface area contributed by atoms with Crippen molar-refractivity contribution in [3.8, 4) is 10.6 Å². The molecule has 3 rings (SSSR count). The van der Waals surface area contributed by atoms with E-state index >= 15 is 0 Å². The van der Waals surface area contributed by atoms with Crippen molar-refractivity contribution < 1.29 is 9.53 Å². The van der Waals surface area contributed by atoms with Crippen LogP contribution >= 0.6 is 11.3 Å². The monoisotopic (exact) mass is 317 g/mol. The summed E-state index contributed by atoms with van der Waals surface area (Å²) in [6.07, 6.45) is 6.52. The van der Waals surface area contributed by atoms with Gasteiger partial charge in [0.25, 0.3) is 5.91 Å². The number of carbonyl (C=O) groups excluding carboxylic acids is 1. The first-order chi connectivity index (χ1) is 10.7. The van der Waals surface area contributed by atoms with Gasteiger partial charge in [0.15, 0.2) is 5.13 Å². The molecule has 0 radical (unpaired) electrons. The van der Waals surface area contributed by atoms with E-state index < -0.39 is 0 Å². The second kappa shape index (κ2) is 6.98. The lowest BCUT2D eigenvalue weighted by Crippen LogP contribution is -2.21. The number of ether oxygens (including phenoxy) is 1.